The number of phosphoric ester groups is 1. The van der Waals surface area contributed by atoms with Gasteiger partial charge in [0.25, 0.3) is 7.82 Å². The maximum atomic E-state index is 13.4. The summed E-state index contributed by atoms with van der Waals surface area (Å²) in [5, 5.41) is 76.2. The lowest BCUT2D eigenvalue weighted by atomic mass is 9.84. The molecule has 428 valence electrons. The lowest BCUT2D eigenvalue weighted by Crippen LogP contribution is -2.69. The average Bonchev–Trinajstić information content (AvgIpc) is 3.36. The number of carbonyl (C=O) groups is 3. The van der Waals surface area contributed by atoms with E-state index in [1.165, 1.54) is 103 Å². The van der Waals surface area contributed by atoms with Crippen LogP contribution in [0.15, 0.2) is 12.2 Å². The summed E-state index contributed by atoms with van der Waals surface area (Å²) in [7, 11) is -5.65. The highest BCUT2D eigenvalue weighted by Crippen LogP contribution is 2.44. The molecule has 73 heavy (non-hydrogen) atoms. The van der Waals surface area contributed by atoms with Crippen LogP contribution in [0.2, 0.25) is 0 Å². The van der Waals surface area contributed by atoms with E-state index >= 15 is 0 Å². The molecular weight excluding hydrogens is 970 g/mol. The molecule has 1 aliphatic carbocycles. The zero-order chi connectivity index (χ0) is 53.9. The summed E-state index contributed by atoms with van der Waals surface area (Å²) in [5.74, 6) is -2.00. The Balaban J connectivity index is 1.99. The number of nitrogens with one attached hydrogen (secondary N) is 1. The number of carbonyl (C=O) groups excluding carboxylic acids is 3. The van der Waals surface area contributed by atoms with Crippen molar-refractivity contribution in [3.05, 3.63) is 12.2 Å². The van der Waals surface area contributed by atoms with Crippen LogP contribution in [0.5, 0.6) is 0 Å². The van der Waals surface area contributed by atoms with Crippen molar-refractivity contribution in [3.63, 3.8) is 0 Å². The summed E-state index contributed by atoms with van der Waals surface area (Å²) >= 11 is 0. The van der Waals surface area contributed by atoms with Gasteiger partial charge in [-0.25, -0.2) is 0 Å². The monoisotopic (exact) mass is 1070 g/mol. The minimum absolute atomic E-state index is 0.00420. The van der Waals surface area contributed by atoms with Crippen molar-refractivity contribution in [1.29, 1.82) is 0 Å². The number of aliphatic hydroxyl groups is 7. The Morgan fingerprint density at radius 1 is 0.589 bits per heavy atom. The van der Waals surface area contributed by atoms with Crippen LogP contribution < -0.4 is 10.2 Å². The summed E-state index contributed by atoms with van der Waals surface area (Å²) < 4.78 is 45.9. The number of ether oxygens (including phenoxy) is 4. The number of rotatable bonds is 43. The first-order valence-electron chi connectivity index (χ1n) is 28.0. The molecule has 13 atom stereocenters. The Morgan fingerprint density at radius 2 is 1.03 bits per heavy atom. The second-order valence-corrected chi connectivity index (χ2v) is 21.5. The van der Waals surface area contributed by atoms with E-state index in [1.807, 2.05) is 0 Å². The zero-order valence-corrected chi connectivity index (χ0v) is 45.4. The molecule has 2 fully saturated rings. The third-order valence-electron chi connectivity index (χ3n) is 13.6. The predicted octanol–water partition coefficient (Wildman–Crippen LogP) is 6.40. The molecular formula is C53H97NO18P-. The van der Waals surface area contributed by atoms with Gasteiger partial charge in [-0.05, 0) is 38.5 Å². The fourth-order valence-corrected chi connectivity index (χ4v) is 10.1. The van der Waals surface area contributed by atoms with Gasteiger partial charge in [0.05, 0.1) is 13.2 Å². The van der Waals surface area contributed by atoms with Gasteiger partial charge in [0, 0.05) is 19.8 Å². The number of amides is 1. The quantitative estimate of drug-likeness (QED) is 0.0142. The molecule has 19 nitrogen and oxygen atoms in total. The van der Waals surface area contributed by atoms with Crippen molar-refractivity contribution in [2.75, 3.05) is 19.8 Å². The van der Waals surface area contributed by atoms with Crippen molar-refractivity contribution >= 4 is 25.7 Å². The normalized spacial score (nSPS) is 26.6. The van der Waals surface area contributed by atoms with Crippen LogP contribution in [0.4, 0.5) is 0 Å². The van der Waals surface area contributed by atoms with Gasteiger partial charge in [-0.15, -0.1) is 0 Å². The molecule has 2 aliphatic rings. The van der Waals surface area contributed by atoms with Gasteiger partial charge < -0.3 is 74.0 Å². The van der Waals surface area contributed by atoms with Crippen molar-refractivity contribution in [3.8, 4) is 0 Å². The lowest BCUT2D eigenvalue weighted by molar-refractivity contribution is -0.323. The molecule has 8 N–H and O–H groups in total. The SMILES string of the molecule is CCCCCCCC/C=C\CCCCCCCC(=O)OC(COC(=O)CCCCCCCCCCCCCCCCC)COP(=O)([O-])O[C@@H]1[C@H](O)[C@H](O)[C@@H](O)[C@H](O)[C@H]1O[C@H]1O[C@H](CO)[C@@H](O)[C@H](O)[C@H]1NC(C)=O. The smallest absolute Gasteiger partial charge is 0.306 e. The van der Waals surface area contributed by atoms with Crippen LogP contribution >= 0.6 is 7.82 Å². The number of allylic oxidation sites excluding steroid dienone is 2. The highest BCUT2D eigenvalue weighted by atomic mass is 31.2. The summed E-state index contributed by atoms with van der Waals surface area (Å²) in [6.45, 7) is 3.19. The highest BCUT2D eigenvalue weighted by Gasteiger charge is 2.55. The van der Waals surface area contributed by atoms with E-state index in [9.17, 15) is 59.6 Å². The molecule has 2 rings (SSSR count). The van der Waals surface area contributed by atoms with E-state index in [0.717, 1.165) is 71.1 Å². The summed E-state index contributed by atoms with van der Waals surface area (Å²) in [6.07, 6.45) is 14.4. The topological polar surface area (TPSA) is 300 Å². The van der Waals surface area contributed by atoms with E-state index in [1.54, 1.807) is 0 Å². The van der Waals surface area contributed by atoms with Gasteiger partial charge >= 0.3 is 11.9 Å². The Bertz CT molecular complexity index is 1530. The molecule has 0 radical (unpaired) electrons. The first-order valence-corrected chi connectivity index (χ1v) is 29.4. The van der Waals surface area contributed by atoms with Crippen LogP contribution in [-0.4, -0.2) is 147 Å². The Kier molecular flexibility index (Phi) is 36.9. The second-order valence-electron chi connectivity index (χ2n) is 20.1. The fraction of sp³-hybridized carbons (Fsp3) is 0.906. The third kappa shape index (κ3) is 28.7. The summed E-state index contributed by atoms with van der Waals surface area (Å²) in [6, 6.07) is -1.59. The van der Waals surface area contributed by atoms with Gasteiger partial charge in [0.15, 0.2) is 12.4 Å². The van der Waals surface area contributed by atoms with E-state index in [4.69, 9.17) is 28.0 Å². The molecule has 0 aromatic carbocycles. The first-order chi connectivity index (χ1) is 35.1. The largest absolute Gasteiger partial charge is 0.756 e. The van der Waals surface area contributed by atoms with Gasteiger partial charge in [-0.3, -0.25) is 18.9 Å². The van der Waals surface area contributed by atoms with Crippen LogP contribution in [0.3, 0.4) is 0 Å². The molecule has 0 aromatic heterocycles. The minimum Gasteiger partial charge on any atom is -0.756 e. The number of unbranched alkanes of at least 4 members (excludes halogenated alkanes) is 25. The lowest BCUT2D eigenvalue weighted by Gasteiger charge is -2.48. The zero-order valence-electron chi connectivity index (χ0n) is 44.5. The molecule has 1 saturated heterocycles. The molecule has 1 saturated carbocycles. The predicted molar refractivity (Wildman–Crippen MR) is 273 cm³/mol. The molecule has 2 unspecified atom stereocenters. The molecule has 0 bridgehead atoms. The summed E-state index contributed by atoms with van der Waals surface area (Å²) in [5.41, 5.74) is 0. The van der Waals surface area contributed by atoms with Crippen LogP contribution in [0.25, 0.3) is 0 Å². The highest BCUT2D eigenvalue weighted by molar-refractivity contribution is 7.45. The standard InChI is InChI=1S/C53H98NO18P/c1-4-6-8-10-12-14-16-18-20-22-24-26-28-30-32-34-42(57)67-37-40(69-43(58)35-33-31-29-27-25-23-21-19-17-15-13-11-9-7-5-2)38-68-73(65,66)72-52-50(64)48(62)47(61)49(63)51(52)71-53-44(54-39(3)56)46(60)45(59)41(36-55)70-53/h19,21,40-41,44-53,55,59-64H,4-18,20,22-38H2,1-3H3,(H,54,56)(H,65,66)/p-1/b21-19-/t40?,41-,44-,45-,46-,47-,48-,49+,50-,51-,52-,53-/m1/s1. The molecule has 1 aliphatic heterocycles. The van der Waals surface area contributed by atoms with Gasteiger partial charge in [0.1, 0.15) is 67.6 Å². The van der Waals surface area contributed by atoms with Crippen molar-refractivity contribution in [2.24, 2.45) is 0 Å². The molecule has 1 amide bonds. The molecule has 0 aromatic rings. The molecule has 20 heteroatoms. The number of esters is 2. The maximum Gasteiger partial charge on any atom is 0.306 e. The number of hydrogen-bond acceptors (Lipinski definition) is 18. The third-order valence-corrected chi connectivity index (χ3v) is 14.6. The second kappa shape index (κ2) is 40.2. The Hall–Kier alpha value is -2.10. The fourth-order valence-electron chi connectivity index (χ4n) is 9.16. The van der Waals surface area contributed by atoms with E-state index in [2.05, 4.69) is 31.3 Å². The van der Waals surface area contributed by atoms with E-state index in [0.29, 0.717) is 12.8 Å². The van der Waals surface area contributed by atoms with Gasteiger partial charge in [-0.1, -0.05) is 167 Å². The van der Waals surface area contributed by atoms with E-state index in [-0.39, 0.29) is 12.8 Å². The van der Waals surface area contributed by atoms with Crippen LogP contribution in [0.1, 0.15) is 213 Å². The van der Waals surface area contributed by atoms with Crippen LogP contribution in [0, 0.1) is 0 Å². The average molecular weight is 1070 g/mol. The van der Waals surface area contributed by atoms with Crippen molar-refractivity contribution < 1.29 is 87.6 Å². The minimum atomic E-state index is -5.65. The Morgan fingerprint density at radius 3 is 1.49 bits per heavy atom. The van der Waals surface area contributed by atoms with Crippen molar-refractivity contribution in [2.45, 2.75) is 287 Å². The van der Waals surface area contributed by atoms with E-state index < -0.39 is 119 Å². The number of phosphoric acid groups is 1. The van der Waals surface area contributed by atoms with Crippen molar-refractivity contribution in [1.82, 2.24) is 5.32 Å². The van der Waals surface area contributed by atoms with Crippen LogP contribution in [-0.2, 0) is 46.9 Å². The molecule has 1 heterocycles. The first kappa shape index (κ1) is 67.0. The maximum absolute atomic E-state index is 13.4. The summed E-state index contributed by atoms with van der Waals surface area (Å²) in [4.78, 5) is 51.3. The van der Waals surface area contributed by atoms with Gasteiger partial charge in [-0.2, -0.15) is 0 Å². The number of aliphatic hydroxyl groups excluding tert-OH is 7. The Labute approximate surface area is 436 Å². The molecule has 0 spiro atoms. The van der Waals surface area contributed by atoms with Gasteiger partial charge in [0.2, 0.25) is 5.91 Å². The number of hydrogen-bond donors (Lipinski definition) is 8.